The number of rotatable bonds is 9. The number of aliphatic hydroxyl groups excluding tert-OH is 3. The van der Waals surface area contributed by atoms with Crippen molar-refractivity contribution in [1.82, 2.24) is 0 Å². The molecule has 0 aromatic heterocycles. The highest BCUT2D eigenvalue weighted by atomic mass is 16.6. The number of phenols is 1. The summed E-state index contributed by atoms with van der Waals surface area (Å²) in [5, 5.41) is 50.2. The van der Waals surface area contributed by atoms with Gasteiger partial charge in [0.15, 0.2) is 12.4 Å². The normalized spacial score (nSPS) is 24.1. The van der Waals surface area contributed by atoms with E-state index in [2.05, 4.69) is 0 Å². The number of carbonyl (C=O) groups excluding carboxylic acids is 1. The van der Waals surface area contributed by atoms with Gasteiger partial charge in [0.1, 0.15) is 23.7 Å². The monoisotopic (exact) mass is 476 g/mol. The van der Waals surface area contributed by atoms with Crippen LogP contribution >= 0.6 is 0 Å². The third-order valence-electron chi connectivity index (χ3n) is 5.76. The molecule has 2 aromatic carbocycles. The number of ether oxygens (including phenoxy) is 3. The third-order valence-corrected chi connectivity index (χ3v) is 5.76. The Morgan fingerprint density at radius 1 is 1.09 bits per heavy atom. The number of esters is 1. The molecule has 3 unspecified atom stereocenters. The number of methoxy groups -OCH3 is 1. The maximum atomic E-state index is 12.4. The third kappa shape index (κ3) is 6.45. The van der Waals surface area contributed by atoms with Gasteiger partial charge < -0.3 is 39.7 Å². The Morgan fingerprint density at radius 3 is 2.41 bits per heavy atom. The van der Waals surface area contributed by atoms with Crippen LogP contribution in [-0.4, -0.2) is 75.3 Å². The standard InChI is InChI=1S/C24H28O10/c1-32-17-7-5-13(6-8-17)9-20(22(28)29)34-24(31)15-11-18(26)21(27)19(12-15)33-23(30)14-3-2-4-16(25)10-14/h2-8,10,15,18-21,24-27,31H,9,11-12H2,1H3,(H,28,29)/t15?,18-,19?,20+,21+,24?/m1/s1. The molecular weight excluding hydrogens is 448 g/mol. The number of aliphatic carboxylic acids is 1. The summed E-state index contributed by atoms with van der Waals surface area (Å²) in [7, 11) is 1.51. The van der Waals surface area contributed by atoms with E-state index in [1.807, 2.05) is 0 Å². The predicted octanol–water partition coefficient (Wildman–Crippen LogP) is 1.09. The molecule has 1 aliphatic carbocycles. The number of carboxylic acid groups (broad SMARTS) is 1. The first-order chi connectivity index (χ1) is 16.2. The van der Waals surface area contributed by atoms with Gasteiger partial charge in [0.25, 0.3) is 0 Å². The summed E-state index contributed by atoms with van der Waals surface area (Å²) in [6, 6.07) is 12.2. The molecule has 5 N–H and O–H groups in total. The largest absolute Gasteiger partial charge is 0.508 e. The average molecular weight is 476 g/mol. The lowest BCUT2D eigenvalue weighted by Gasteiger charge is -2.38. The highest BCUT2D eigenvalue weighted by Gasteiger charge is 2.42. The molecule has 3 rings (SSSR count). The Bertz CT molecular complexity index is 976. The molecule has 0 bridgehead atoms. The van der Waals surface area contributed by atoms with Gasteiger partial charge >= 0.3 is 11.9 Å². The number of hydrogen-bond acceptors (Lipinski definition) is 9. The summed E-state index contributed by atoms with van der Waals surface area (Å²) < 4.78 is 15.8. The van der Waals surface area contributed by atoms with Gasteiger partial charge in [-0.1, -0.05) is 18.2 Å². The highest BCUT2D eigenvalue weighted by molar-refractivity contribution is 5.90. The van der Waals surface area contributed by atoms with E-state index in [0.29, 0.717) is 11.3 Å². The van der Waals surface area contributed by atoms with Crippen molar-refractivity contribution in [3.8, 4) is 11.5 Å². The summed E-state index contributed by atoms with van der Waals surface area (Å²) in [5.41, 5.74) is 0.698. The number of carboxylic acids is 1. The van der Waals surface area contributed by atoms with Crippen molar-refractivity contribution in [2.45, 2.75) is 50.0 Å². The Labute approximate surface area is 195 Å². The molecule has 0 heterocycles. The van der Waals surface area contributed by atoms with Crippen LogP contribution in [0, 0.1) is 5.92 Å². The molecule has 0 aliphatic heterocycles. The fourth-order valence-corrected chi connectivity index (χ4v) is 3.87. The van der Waals surface area contributed by atoms with Crippen LogP contribution in [0.1, 0.15) is 28.8 Å². The Balaban J connectivity index is 1.65. The molecule has 0 saturated heterocycles. The van der Waals surface area contributed by atoms with E-state index < -0.39 is 48.6 Å². The molecule has 1 aliphatic rings. The Kier molecular flexibility index (Phi) is 8.46. The fourth-order valence-electron chi connectivity index (χ4n) is 3.87. The van der Waals surface area contributed by atoms with Crippen LogP contribution in [0.4, 0.5) is 0 Å². The highest BCUT2D eigenvalue weighted by Crippen LogP contribution is 2.31. The van der Waals surface area contributed by atoms with E-state index in [4.69, 9.17) is 14.2 Å². The number of phenolic OH excluding ortho intramolecular Hbond substituents is 1. The summed E-state index contributed by atoms with van der Waals surface area (Å²) in [4.78, 5) is 24.1. The zero-order chi connectivity index (χ0) is 24.8. The van der Waals surface area contributed by atoms with Gasteiger partial charge in [0.05, 0.1) is 18.8 Å². The molecule has 1 saturated carbocycles. The maximum Gasteiger partial charge on any atom is 0.338 e. The van der Waals surface area contributed by atoms with Gasteiger partial charge in [0.2, 0.25) is 0 Å². The van der Waals surface area contributed by atoms with Crippen molar-refractivity contribution in [2.75, 3.05) is 7.11 Å². The first-order valence-corrected chi connectivity index (χ1v) is 10.7. The van der Waals surface area contributed by atoms with Gasteiger partial charge in [-0.2, -0.15) is 0 Å². The molecular formula is C24H28O10. The van der Waals surface area contributed by atoms with Gasteiger partial charge in [-0.3, -0.25) is 0 Å². The predicted molar refractivity (Wildman–Crippen MR) is 117 cm³/mol. The van der Waals surface area contributed by atoms with Gasteiger partial charge in [-0.25, -0.2) is 9.59 Å². The zero-order valence-corrected chi connectivity index (χ0v) is 18.5. The molecule has 1 fully saturated rings. The second-order valence-electron chi connectivity index (χ2n) is 8.19. The number of aromatic hydroxyl groups is 1. The Morgan fingerprint density at radius 2 is 1.79 bits per heavy atom. The van der Waals surface area contributed by atoms with Crippen LogP contribution in [0.2, 0.25) is 0 Å². The molecule has 0 spiro atoms. The summed E-state index contributed by atoms with van der Waals surface area (Å²) in [5.74, 6) is -2.45. The molecule has 34 heavy (non-hydrogen) atoms. The lowest BCUT2D eigenvalue weighted by atomic mass is 9.82. The molecule has 10 heteroatoms. The van der Waals surface area contributed by atoms with Crippen molar-refractivity contribution >= 4 is 11.9 Å². The molecule has 0 radical (unpaired) electrons. The lowest BCUT2D eigenvalue weighted by Crippen LogP contribution is -2.50. The van der Waals surface area contributed by atoms with Gasteiger partial charge in [-0.15, -0.1) is 0 Å². The van der Waals surface area contributed by atoms with Crippen LogP contribution in [0.25, 0.3) is 0 Å². The van der Waals surface area contributed by atoms with Crippen molar-refractivity contribution < 1.29 is 49.3 Å². The van der Waals surface area contributed by atoms with E-state index in [1.165, 1.54) is 31.4 Å². The van der Waals surface area contributed by atoms with Crippen molar-refractivity contribution in [3.05, 3.63) is 59.7 Å². The molecule has 10 nitrogen and oxygen atoms in total. The smallest absolute Gasteiger partial charge is 0.338 e. The minimum absolute atomic E-state index is 0.0236. The molecule has 0 amide bonds. The summed E-state index contributed by atoms with van der Waals surface area (Å²) in [6.45, 7) is 0. The van der Waals surface area contributed by atoms with Crippen molar-refractivity contribution in [1.29, 1.82) is 0 Å². The van der Waals surface area contributed by atoms with Crippen LogP contribution < -0.4 is 4.74 Å². The quantitative estimate of drug-likeness (QED) is 0.261. The first kappa shape index (κ1) is 25.4. The fraction of sp³-hybridized carbons (Fsp3) is 0.417. The van der Waals surface area contributed by atoms with Gasteiger partial charge in [-0.05, 0) is 48.7 Å². The second kappa shape index (κ2) is 11.3. The zero-order valence-electron chi connectivity index (χ0n) is 18.5. The summed E-state index contributed by atoms with van der Waals surface area (Å²) >= 11 is 0. The molecule has 184 valence electrons. The number of aliphatic hydroxyl groups is 3. The van der Waals surface area contributed by atoms with E-state index in [9.17, 15) is 35.1 Å². The Hall–Kier alpha value is -3.18. The number of hydrogen-bond donors (Lipinski definition) is 5. The number of carbonyl (C=O) groups is 2. The second-order valence-corrected chi connectivity index (χ2v) is 8.19. The van der Waals surface area contributed by atoms with Crippen LogP contribution in [0.3, 0.4) is 0 Å². The van der Waals surface area contributed by atoms with Crippen LogP contribution in [-0.2, 0) is 20.7 Å². The minimum Gasteiger partial charge on any atom is -0.508 e. The van der Waals surface area contributed by atoms with E-state index in [-0.39, 0.29) is 30.6 Å². The van der Waals surface area contributed by atoms with E-state index in [0.717, 1.165) is 0 Å². The number of benzene rings is 2. The molecule has 2 aromatic rings. The average Bonchev–Trinajstić information content (AvgIpc) is 2.81. The lowest BCUT2D eigenvalue weighted by molar-refractivity contribution is -0.207. The topological polar surface area (TPSA) is 163 Å². The van der Waals surface area contributed by atoms with Gasteiger partial charge in [0, 0.05) is 12.3 Å². The van der Waals surface area contributed by atoms with E-state index >= 15 is 0 Å². The van der Waals surface area contributed by atoms with Crippen molar-refractivity contribution in [3.63, 3.8) is 0 Å². The van der Waals surface area contributed by atoms with E-state index in [1.54, 1.807) is 24.3 Å². The SMILES string of the molecule is COc1ccc(C[C@H](OC(O)C2CC(OC(=O)c3cccc(O)c3)[C@@H](O)[C@H](O)C2)C(=O)O)cc1. The maximum absolute atomic E-state index is 12.4. The van der Waals surface area contributed by atoms with Crippen LogP contribution in [0.15, 0.2) is 48.5 Å². The first-order valence-electron chi connectivity index (χ1n) is 10.7. The van der Waals surface area contributed by atoms with Crippen LogP contribution in [0.5, 0.6) is 11.5 Å². The van der Waals surface area contributed by atoms with Crippen molar-refractivity contribution in [2.24, 2.45) is 5.92 Å². The summed E-state index contributed by atoms with van der Waals surface area (Å²) in [6.07, 6.45) is -7.06. The minimum atomic E-state index is -1.59. The molecule has 6 atom stereocenters.